The fourth-order valence-corrected chi connectivity index (χ4v) is 3.47. The second kappa shape index (κ2) is 7.83. The predicted octanol–water partition coefficient (Wildman–Crippen LogP) is 2.18. The fraction of sp³-hybridized carbons (Fsp3) is 0.111. The Kier molecular flexibility index (Phi) is 5.33. The first kappa shape index (κ1) is 17.7. The topological polar surface area (TPSA) is 104 Å². The SMILES string of the molecule is O=C(NCCc1ccccc1)c1n[nH]cc1NS(=O)(=O)c1ccccc1. The van der Waals surface area contributed by atoms with Crippen molar-refractivity contribution in [1.82, 2.24) is 15.5 Å². The molecule has 1 heterocycles. The molecule has 0 aliphatic heterocycles. The van der Waals surface area contributed by atoms with Crippen molar-refractivity contribution in [2.24, 2.45) is 0 Å². The van der Waals surface area contributed by atoms with E-state index in [0.29, 0.717) is 13.0 Å². The summed E-state index contributed by atoms with van der Waals surface area (Å²) in [5.74, 6) is -0.451. The van der Waals surface area contributed by atoms with Crippen LogP contribution >= 0.6 is 0 Å². The van der Waals surface area contributed by atoms with Gasteiger partial charge in [-0.15, -0.1) is 0 Å². The van der Waals surface area contributed by atoms with E-state index in [1.807, 2.05) is 30.3 Å². The summed E-state index contributed by atoms with van der Waals surface area (Å²) >= 11 is 0. The second-order valence-electron chi connectivity index (χ2n) is 5.56. The van der Waals surface area contributed by atoms with Gasteiger partial charge in [-0.25, -0.2) is 8.42 Å². The van der Waals surface area contributed by atoms with Gasteiger partial charge in [-0.3, -0.25) is 14.6 Å². The highest BCUT2D eigenvalue weighted by Gasteiger charge is 2.20. The van der Waals surface area contributed by atoms with Gasteiger partial charge in [0.25, 0.3) is 15.9 Å². The average molecular weight is 370 g/mol. The molecule has 0 saturated heterocycles. The molecule has 26 heavy (non-hydrogen) atoms. The Balaban J connectivity index is 1.65. The van der Waals surface area contributed by atoms with E-state index in [4.69, 9.17) is 0 Å². The number of anilines is 1. The number of nitrogens with zero attached hydrogens (tertiary/aromatic N) is 1. The number of nitrogens with one attached hydrogen (secondary N) is 3. The molecule has 3 aromatic rings. The summed E-state index contributed by atoms with van der Waals surface area (Å²) in [4.78, 5) is 12.4. The molecule has 7 nitrogen and oxygen atoms in total. The predicted molar refractivity (Wildman–Crippen MR) is 98.3 cm³/mol. The number of aromatic amines is 1. The van der Waals surface area contributed by atoms with Crippen LogP contribution in [0.2, 0.25) is 0 Å². The van der Waals surface area contributed by atoms with Crippen LogP contribution in [0.4, 0.5) is 5.69 Å². The highest BCUT2D eigenvalue weighted by molar-refractivity contribution is 7.92. The van der Waals surface area contributed by atoms with Crippen LogP contribution in [0.25, 0.3) is 0 Å². The minimum atomic E-state index is -3.79. The Labute approximate surface area is 151 Å². The van der Waals surface area contributed by atoms with Gasteiger partial charge in [0.1, 0.15) is 0 Å². The minimum Gasteiger partial charge on any atom is -0.350 e. The number of hydrogen-bond acceptors (Lipinski definition) is 4. The molecule has 2 aromatic carbocycles. The van der Waals surface area contributed by atoms with Crippen LogP contribution in [0.15, 0.2) is 71.8 Å². The summed E-state index contributed by atoms with van der Waals surface area (Å²) in [6.45, 7) is 0.417. The number of hydrogen-bond donors (Lipinski definition) is 3. The van der Waals surface area contributed by atoms with Gasteiger partial charge in [-0.05, 0) is 24.1 Å². The van der Waals surface area contributed by atoms with E-state index in [0.717, 1.165) is 5.56 Å². The summed E-state index contributed by atoms with van der Waals surface area (Å²) in [7, 11) is -3.79. The Hall–Kier alpha value is -3.13. The Morgan fingerprint density at radius 3 is 2.35 bits per heavy atom. The molecule has 0 aliphatic carbocycles. The molecule has 0 atom stereocenters. The number of benzene rings is 2. The van der Waals surface area contributed by atoms with Crippen molar-refractivity contribution in [3.63, 3.8) is 0 Å². The molecule has 3 rings (SSSR count). The van der Waals surface area contributed by atoms with Crippen LogP contribution in [0, 0.1) is 0 Å². The first-order valence-corrected chi connectivity index (χ1v) is 9.48. The van der Waals surface area contributed by atoms with Crippen LogP contribution in [0.3, 0.4) is 0 Å². The van der Waals surface area contributed by atoms with Gasteiger partial charge in [-0.1, -0.05) is 48.5 Å². The van der Waals surface area contributed by atoms with Crippen LogP contribution in [-0.4, -0.2) is 31.1 Å². The Morgan fingerprint density at radius 2 is 1.65 bits per heavy atom. The lowest BCUT2D eigenvalue weighted by Crippen LogP contribution is -2.27. The number of H-pyrrole nitrogens is 1. The molecule has 0 spiro atoms. The van der Waals surface area contributed by atoms with E-state index in [1.165, 1.54) is 18.3 Å². The van der Waals surface area contributed by atoms with Gasteiger partial charge in [0.05, 0.1) is 10.6 Å². The lowest BCUT2D eigenvalue weighted by molar-refractivity contribution is 0.0950. The maximum atomic E-state index is 12.4. The average Bonchev–Trinajstić information content (AvgIpc) is 3.11. The van der Waals surface area contributed by atoms with E-state index in [-0.39, 0.29) is 16.3 Å². The zero-order valence-electron chi connectivity index (χ0n) is 13.8. The van der Waals surface area contributed by atoms with Crippen molar-refractivity contribution < 1.29 is 13.2 Å². The van der Waals surface area contributed by atoms with Crippen molar-refractivity contribution in [1.29, 1.82) is 0 Å². The highest BCUT2D eigenvalue weighted by atomic mass is 32.2. The first-order chi connectivity index (χ1) is 12.6. The van der Waals surface area contributed by atoms with Crippen molar-refractivity contribution in [2.45, 2.75) is 11.3 Å². The number of aromatic nitrogens is 2. The molecular formula is C18H18N4O3S. The molecule has 8 heteroatoms. The standard InChI is InChI=1S/C18H18N4O3S/c23-18(19-12-11-14-7-3-1-4-8-14)17-16(13-20-21-17)22-26(24,25)15-9-5-2-6-10-15/h1-10,13,22H,11-12H2,(H,19,23)(H,20,21). The molecule has 1 amide bonds. The van der Waals surface area contributed by atoms with Gasteiger partial charge in [0.15, 0.2) is 5.69 Å². The van der Waals surface area contributed by atoms with Gasteiger partial charge in [0, 0.05) is 12.7 Å². The maximum Gasteiger partial charge on any atom is 0.273 e. The van der Waals surface area contributed by atoms with E-state index in [2.05, 4.69) is 20.2 Å². The fourth-order valence-electron chi connectivity index (χ4n) is 2.39. The maximum absolute atomic E-state index is 12.4. The lowest BCUT2D eigenvalue weighted by Gasteiger charge is -2.08. The summed E-state index contributed by atoms with van der Waals surface area (Å²) in [5.41, 5.74) is 1.20. The van der Waals surface area contributed by atoms with Crippen LogP contribution < -0.4 is 10.0 Å². The smallest absolute Gasteiger partial charge is 0.273 e. The number of rotatable bonds is 7. The monoisotopic (exact) mass is 370 g/mol. The zero-order chi connectivity index (χ0) is 18.4. The summed E-state index contributed by atoms with van der Waals surface area (Å²) in [5, 5.41) is 9.12. The molecule has 0 saturated carbocycles. The zero-order valence-corrected chi connectivity index (χ0v) is 14.7. The quantitative estimate of drug-likeness (QED) is 0.593. The Bertz CT molecular complexity index is 970. The molecule has 0 bridgehead atoms. The minimum absolute atomic E-state index is 0.00225. The first-order valence-electron chi connectivity index (χ1n) is 8.00. The van der Waals surface area contributed by atoms with Crippen molar-refractivity contribution >= 4 is 21.6 Å². The number of carbonyl (C=O) groups is 1. The molecule has 134 valence electrons. The number of amides is 1. The summed E-state index contributed by atoms with van der Waals surface area (Å²) in [6, 6.07) is 17.7. The third-order valence-electron chi connectivity index (χ3n) is 3.70. The summed E-state index contributed by atoms with van der Waals surface area (Å²) < 4.78 is 27.2. The number of sulfonamides is 1. The van der Waals surface area contributed by atoms with Gasteiger partial charge >= 0.3 is 0 Å². The third-order valence-corrected chi connectivity index (χ3v) is 5.08. The molecule has 1 aromatic heterocycles. The van der Waals surface area contributed by atoms with Crippen molar-refractivity contribution in [2.75, 3.05) is 11.3 Å². The molecule has 0 aliphatic rings. The lowest BCUT2D eigenvalue weighted by atomic mass is 10.1. The van der Waals surface area contributed by atoms with E-state index in [9.17, 15) is 13.2 Å². The molecule has 0 radical (unpaired) electrons. The third kappa shape index (κ3) is 4.28. The van der Waals surface area contributed by atoms with Gasteiger partial charge in [0.2, 0.25) is 0 Å². The van der Waals surface area contributed by atoms with E-state index < -0.39 is 15.9 Å². The van der Waals surface area contributed by atoms with E-state index in [1.54, 1.807) is 18.2 Å². The molecular weight excluding hydrogens is 352 g/mol. The second-order valence-corrected chi connectivity index (χ2v) is 7.24. The molecule has 0 unspecified atom stereocenters. The normalized spacial score (nSPS) is 11.1. The largest absolute Gasteiger partial charge is 0.350 e. The van der Waals surface area contributed by atoms with Gasteiger partial charge in [-0.2, -0.15) is 5.10 Å². The van der Waals surface area contributed by atoms with E-state index >= 15 is 0 Å². The number of carbonyl (C=O) groups excluding carboxylic acids is 1. The van der Waals surface area contributed by atoms with Crippen LogP contribution in [0.1, 0.15) is 16.1 Å². The summed E-state index contributed by atoms with van der Waals surface area (Å²) in [6.07, 6.45) is 2.01. The Morgan fingerprint density at radius 1 is 1.00 bits per heavy atom. The van der Waals surface area contributed by atoms with Crippen molar-refractivity contribution in [3.05, 3.63) is 78.1 Å². The van der Waals surface area contributed by atoms with Crippen LogP contribution in [-0.2, 0) is 16.4 Å². The highest BCUT2D eigenvalue weighted by Crippen LogP contribution is 2.18. The van der Waals surface area contributed by atoms with Crippen molar-refractivity contribution in [3.8, 4) is 0 Å². The molecule has 3 N–H and O–H groups in total. The van der Waals surface area contributed by atoms with Gasteiger partial charge < -0.3 is 5.32 Å². The molecule has 0 fully saturated rings. The van der Waals surface area contributed by atoms with Crippen LogP contribution in [0.5, 0.6) is 0 Å².